The molecule has 4 rings (SSSR count). The number of hydrogen-bond acceptors (Lipinski definition) is 6. The number of carbonyl (C=O) groups excluding carboxylic acids is 1. The number of amides is 1. The number of rotatable bonds is 6. The molecular weight excluding hydrogens is 434 g/mol. The number of aryl methyl sites for hydroxylation is 2. The van der Waals surface area contributed by atoms with Gasteiger partial charge in [-0.3, -0.25) is 4.79 Å². The van der Waals surface area contributed by atoms with Crippen LogP contribution in [0.15, 0.2) is 47.6 Å². The Hall–Kier alpha value is -2.71. The Balaban J connectivity index is 1.70. The standard InChI is InChI=1S/C22H24ClN5O2S/c1-4-13-8-6-7-9-16(13)24-21(29)20-19(14-10-11-17(30-3)15(23)12-14)27-28-18(5-2)25-26-22(28)31-20/h6-12,19-20,27H,4-5H2,1-3H3,(H,24,29). The predicted molar refractivity (Wildman–Crippen MR) is 124 cm³/mol. The summed E-state index contributed by atoms with van der Waals surface area (Å²) in [4.78, 5) is 13.4. The van der Waals surface area contributed by atoms with Gasteiger partial charge >= 0.3 is 0 Å². The van der Waals surface area contributed by atoms with E-state index in [9.17, 15) is 4.79 Å². The van der Waals surface area contributed by atoms with E-state index in [0.29, 0.717) is 15.9 Å². The van der Waals surface area contributed by atoms with Crippen molar-refractivity contribution in [3.63, 3.8) is 0 Å². The van der Waals surface area contributed by atoms with Gasteiger partial charge in [-0.25, -0.2) is 4.68 Å². The van der Waals surface area contributed by atoms with Gasteiger partial charge < -0.3 is 15.5 Å². The molecule has 162 valence electrons. The van der Waals surface area contributed by atoms with Crippen LogP contribution in [0.1, 0.15) is 36.8 Å². The van der Waals surface area contributed by atoms with Gasteiger partial charge in [0.1, 0.15) is 11.0 Å². The van der Waals surface area contributed by atoms with Gasteiger partial charge in [0.25, 0.3) is 0 Å². The Morgan fingerprint density at radius 1 is 1.23 bits per heavy atom. The van der Waals surface area contributed by atoms with E-state index in [2.05, 4.69) is 27.9 Å². The molecule has 2 aromatic carbocycles. The van der Waals surface area contributed by atoms with E-state index < -0.39 is 5.25 Å². The second kappa shape index (κ2) is 9.20. The van der Waals surface area contributed by atoms with E-state index in [0.717, 1.165) is 35.5 Å². The highest BCUT2D eigenvalue weighted by molar-refractivity contribution is 8.00. The highest BCUT2D eigenvalue weighted by Crippen LogP contribution is 2.39. The maximum atomic E-state index is 13.4. The summed E-state index contributed by atoms with van der Waals surface area (Å²) in [6.45, 7) is 4.09. The highest BCUT2D eigenvalue weighted by Gasteiger charge is 2.38. The van der Waals surface area contributed by atoms with Crippen LogP contribution in [0.3, 0.4) is 0 Å². The SMILES string of the molecule is CCc1ccccc1NC(=O)C1Sc2nnc(CC)n2NC1c1ccc(OC)c(Cl)c1. The molecule has 0 aliphatic carbocycles. The van der Waals surface area contributed by atoms with Crippen molar-refractivity contribution in [3.05, 3.63) is 64.4 Å². The number of hydrogen-bond donors (Lipinski definition) is 2. The second-order valence-corrected chi connectivity index (χ2v) is 8.64. The Morgan fingerprint density at radius 3 is 2.74 bits per heavy atom. The number of halogens is 1. The first-order valence-electron chi connectivity index (χ1n) is 10.1. The average Bonchev–Trinajstić information content (AvgIpc) is 3.20. The summed E-state index contributed by atoms with van der Waals surface area (Å²) in [5.41, 5.74) is 6.22. The summed E-state index contributed by atoms with van der Waals surface area (Å²) < 4.78 is 7.14. The molecule has 0 spiro atoms. The maximum Gasteiger partial charge on any atom is 0.240 e. The Labute approximate surface area is 190 Å². The molecular formula is C22H24ClN5O2S. The fraction of sp³-hybridized carbons (Fsp3) is 0.318. The van der Waals surface area contributed by atoms with Crippen LogP contribution in [0.5, 0.6) is 5.75 Å². The van der Waals surface area contributed by atoms with E-state index in [-0.39, 0.29) is 11.9 Å². The highest BCUT2D eigenvalue weighted by atomic mass is 35.5. The third-order valence-corrected chi connectivity index (χ3v) is 6.78. The van der Waals surface area contributed by atoms with Crippen molar-refractivity contribution in [2.45, 2.75) is 43.1 Å². The van der Waals surface area contributed by atoms with E-state index in [1.165, 1.54) is 11.8 Å². The zero-order chi connectivity index (χ0) is 22.0. The van der Waals surface area contributed by atoms with E-state index in [1.807, 2.05) is 54.1 Å². The lowest BCUT2D eigenvalue weighted by Crippen LogP contribution is -2.41. The molecule has 2 heterocycles. The molecule has 31 heavy (non-hydrogen) atoms. The lowest BCUT2D eigenvalue weighted by Gasteiger charge is -2.33. The molecule has 2 unspecified atom stereocenters. The fourth-order valence-electron chi connectivity index (χ4n) is 3.61. The molecule has 0 radical (unpaired) electrons. The van der Waals surface area contributed by atoms with Gasteiger partial charge in [-0.1, -0.05) is 61.5 Å². The number of nitrogens with zero attached hydrogens (tertiary/aromatic N) is 3. The lowest BCUT2D eigenvalue weighted by molar-refractivity contribution is -0.116. The zero-order valence-corrected chi connectivity index (χ0v) is 19.1. The number of benzene rings is 2. The van der Waals surface area contributed by atoms with Gasteiger partial charge in [0, 0.05) is 12.1 Å². The van der Waals surface area contributed by atoms with Crippen molar-refractivity contribution in [3.8, 4) is 5.75 Å². The van der Waals surface area contributed by atoms with E-state index in [1.54, 1.807) is 7.11 Å². The summed E-state index contributed by atoms with van der Waals surface area (Å²) in [6.07, 6.45) is 1.55. The number of methoxy groups -OCH3 is 1. The average molecular weight is 458 g/mol. The number of ether oxygens (including phenoxy) is 1. The summed E-state index contributed by atoms with van der Waals surface area (Å²) in [5.74, 6) is 1.29. The summed E-state index contributed by atoms with van der Waals surface area (Å²) in [5, 5.41) is 12.3. The van der Waals surface area contributed by atoms with Crippen LogP contribution in [-0.2, 0) is 17.6 Å². The minimum atomic E-state index is -0.476. The molecule has 1 aliphatic rings. The van der Waals surface area contributed by atoms with Crippen molar-refractivity contribution in [2.24, 2.45) is 0 Å². The van der Waals surface area contributed by atoms with Crippen LogP contribution < -0.4 is 15.5 Å². The third kappa shape index (κ3) is 4.22. The molecule has 0 saturated heterocycles. The smallest absolute Gasteiger partial charge is 0.240 e. The normalized spacial score (nSPS) is 17.5. The first-order valence-corrected chi connectivity index (χ1v) is 11.4. The predicted octanol–water partition coefficient (Wildman–Crippen LogP) is 4.46. The Morgan fingerprint density at radius 2 is 2.03 bits per heavy atom. The first-order chi connectivity index (χ1) is 15.0. The summed E-state index contributed by atoms with van der Waals surface area (Å²) in [7, 11) is 1.58. The molecule has 1 amide bonds. The van der Waals surface area contributed by atoms with Gasteiger partial charge in [-0.2, -0.15) is 0 Å². The molecule has 2 N–H and O–H groups in total. The second-order valence-electron chi connectivity index (χ2n) is 7.13. The number of carbonyl (C=O) groups is 1. The zero-order valence-electron chi connectivity index (χ0n) is 17.6. The molecule has 7 nitrogen and oxygen atoms in total. The number of para-hydroxylation sites is 1. The van der Waals surface area contributed by atoms with Crippen LogP contribution in [0.2, 0.25) is 5.02 Å². The quantitative estimate of drug-likeness (QED) is 0.568. The number of thioether (sulfide) groups is 1. The van der Waals surface area contributed by atoms with E-state index in [4.69, 9.17) is 16.3 Å². The van der Waals surface area contributed by atoms with Crippen LogP contribution in [0.25, 0.3) is 0 Å². The van der Waals surface area contributed by atoms with Crippen molar-refractivity contribution in [1.29, 1.82) is 0 Å². The largest absolute Gasteiger partial charge is 0.495 e. The lowest BCUT2D eigenvalue weighted by atomic mass is 10.0. The minimum absolute atomic E-state index is 0.109. The molecule has 3 aromatic rings. The number of aromatic nitrogens is 3. The number of fused-ring (bicyclic) bond motifs is 1. The molecule has 9 heteroatoms. The molecule has 1 aromatic heterocycles. The topological polar surface area (TPSA) is 81.1 Å². The van der Waals surface area contributed by atoms with Gasteiger partial charge in [-0.15, -0.1) is 10.2 Å². The monoisotopic (exact) mass is 457 g/mol. The number of anilines is 1. The van der Waals surface area contributed by atoms with Gasteiger partial charge in [-0.05, 0) is 35.7 Å². The van der Waals surface area contributed by atoms with Crippen molar-refractivity contribution >= 4 is 35.0 Å². The molecule has 0 fully saturated rings. The first kappa shape index (κ1) is 21.5. The molecule has 0 bridgehead atoms. The maximum absolute atomic E-state index is 13.4. The van der Waals surface area contributed by atoms with Crippen molar-refractivity contribution in [2.75, 3.05) is 17.9 Å². The molecule has 2 atom stereocenters. The van der Waals surface area contributed by atoms with Crippen LogP contribution in [0.4, 0.5) is 5.69 Å². The summed E-state index contributed by atoms with van der Waals surface area (Å²) in [6, 6.07) is 13.1. The van der Waals surface area contributed by atoms with Crippen LogP contribution >= 0.6 is 23.4 Å². The third-order valence-electron chi connectivity index (χ3n) is 5.27. The molecule has 1 aliphatic heterocycles. The van der Waals surface area contributed by atoms with Gasteiger partial charge in [0.15, 0.2) is 5.82 Å². The van der Waals surface area contributed by atoms with Crippen LogP contribution in [0, 0.1) is 0 Å². The summed E-state index contributed by atoms with van der Waals surface area (Å²) >= 11 is 7.78. The fourth-order valence-corrected chi connectivity index (χ4v) is 4.97. The van der Waals surface area contributed by atoms with Crippen molar-refractivity contribution < 1.29 is 9.53 Å². The Bertz CT molecular complexity index is 1100. The van der Waals surface area contributed by atoms with E-state index >= 15 is 0 Å². The van der Waals surface area contributed by atoms with Crippen molar-refractivity contribution in [1.82, 2.24) is 14.9 Å². The number of nitrogens with one attached hydrogen (secondary N) is 2. The molecule has 0 saturated carbocycles. The van der Waals surface area contributed by atoms with Crippen LogP contribution in [-0.4, -0.2) is 33.1 Å². The van der Waals surface area contributed by atoms with Gasteiger partial charge in [0.2, 0.25) is 11.1 Å². The Kier molecular flexibility index (Phi) is 6.38. The minimum Gasteiger partial charge on any atom is -0.495 e. The van der Waals surface area contributed by atoms with Gasteiger partial charge in [0.05, 0.1) is 18.2 Å².